The third-order valence-electron chi connectivity index (χ3n) is 2.27. The summed E-state index contributed by atoms with van der Waals surface area (Å²) in [5.74, 6) is 1.15. The van der Waals surface area contributed by atoms with E-state index in [-0.39, 0.29) is 0 Å². The van der Waals surface area contributed by atoms with Crippen molar-refractivity contribution in [3.05, 3.63) is 32.5 Å². The zero-order valence-corrected chi connectivity index (χ0v) is 12.7. The number of nitrogens with zero attached hydrogens (tertiary/aromatic N) is 3. The first-order valence-corrected chi connectivity index (χ1v) is 6.61. The van der Waals surface area contributed by atoms with E-state index < -0.39 is 0 Å². The largest absolute Gasteiger partial charge is 0.372 e. The highest BCUT2D eigenvalue weighted by molar-refractivity contribution is 9.10. The smallest absolute Gasteiger partial charge is 0.182 e. The fourth-order valence-electron chi connectivity index (χ4n) is 1.41. The minimum Gasteiger partial charge on any atom is -0.372 e. The maximum atomic E-state index is 6.09. The molecular weight excluding hydrogens is 339 g/mol. The monoisotopic (exact) mass is 346 g/mol. The second-order valence-corrected chi connectivity index (χ2v) is 5.17. The molecule has 0 aromatic carbocycles. The van der Waals surface area contributed by atoms with Gasteiger partial charge in [0, 0.05) is 13.2 Å². The van der Waals surface area contributed by atoms with Gasteiger partial charge in [0.2, 0.25) is 0 Å². The quantitative estimate of drug-likeness (QED) is 0.893. The Morgan fingerprint density at radius 3 is 2.61 bits per heavy atom. The molecule has 0 aliphatic rings. The SMILES string of the molecule is CNc1nc(-c2ncc(Cl)cc2Cl)nc(C)c1Br. The molecule has 7 heteroatoms. The predicted molar refractivity (Wildman–Crippen MR) is 77.3 cm³/mol. The Balaban J connectivity index is 2.60. The molecule has 2 aromatic rings. The Morgan fingerprint density at radius 2 is 2.00 bits per heavy atom. The number of halogens is 3. The van der Waals surface area contributed by atoms with Crippen molar-refractivity contribution in [2.45, 2.75) is 6.92 Å². The fourth-order valence-corrected chi connectivity index (χ4v) is 2.25. The van der Waals surface area contributed by atoms with Gasteiger partial charge in [-0.3, -0.25) is 0 Å². The lowest BCUT2D eigenvalue weighted by Gasteiger charge is -2.09. The molecule has 2 heterocycles. The van der Waals surface area contributed by atoms with E-state index in [9.17, 15) is 0 Å². The van der Waals surface area contributed by atoms with Crippen LogP contribution in [0.2, 0.25) is 10.0 Å². The number of hydrogen-bond acceptors (Lipinski definition) is 4. The van der Waals surface area contributed by atoms with E-state index in [1.54, 1.807) is 13.1 Å². The molecular formula is C11H9BrCl2N4. The van der Waals surface area contributed by atoms with E-state index in [0.29, 0.717) is 27.4 Å². The highest BCUT2D eigenvalue weighted by atomic mass is 79.9. The van der Waals surface area contributed by atoms with E-state index in [2.05, 4.69) is 36.2 Å². The lowest BCUT2D eigenvalue weighted by molar-refractivity contribution is 1.07. The van der Waals surface area contributed by atoms with Crippen LogP contribution < -0.4 is 5.32 Å². The molecule has 0 aliphatic heterocycles. The fraction of sp³-hybridized carbons (Fsp3) is 0.182. The summed E-state index contributed by atoms with van der Waals surface area (Å²) in [7, 11) is 1.78. The second kappa shape index (κ2) is 5.38. The number of rotatable bonds is 2. The molecule has 0 bridgehead atoms. The van der Waals surface area contributed by atoms with Gasteiger partial charge in [0.25, 0.3) is 0 Å². The van der Waals surface area contributed by atoms with Crippen LogP contribution in [-0.2, 0) is 0 Å². The Labute approximate surface area is 123 Å². The summed E-state index contributed by atoms with van der Waals surface area (Å²) < 4.78 is 0.818. The van der Waals surface area contributed by atoms with Crippen LogP contribution in [0.15, 0.2) is 16.7 Å². The molecule has 0 spiro atoms. The zero-order valence-electron chi connectivity index (χ0n) is 9.63. The van der Waals surface area contributed by atoms with Crippen molar-refractivity contribution >= 4 is 44.9 Å². The Bertz CT molecular complexity index is 604. The van der Waals surface area contributed by atoms with Gasteiger partial charge in [0.05, 0.1) is 20.2 Å². The summed E-state index contributed by atoms with van der Waals surface area (Å²) in [5.41, 5.74) is 1.31. The van der Waals surface area contributed by atoms with E-state index in [0.717, 1.165) is 10.2 Å². The molecule has 0 unspecified atom stereocenters. The van der Waals surface area contributed by atoms with Gasteiger partial charge in [-0.1, -0.05) is 23.2 Å². The van der Waals surface area contributed by atoms with Crippen molar-refractivity contribution in [2.75, 3.05) is 12.4 Å². The number of pyridine rings is 1. The van der Waals surface area contributed by atoms with Crippen LogP contribution in [0.3, 0.4) is 0 Å². The summed E-state index contributed by atoms with van der Waals surface area (Å²) in [6.07, 6.45) is 1.52. The van der Waals surface area contributed by atoms with Gasteiger partial charge in [0.1, 0.15) is 11.5 Å². The number of hydrogen-bond donors (Lipinski definition) is 1. The molecule has 18 heavy (non-hydrogen) atoms. The van der Waals surface area contributed by atoms with Crippen LogP contribution in [-0.4, -0.2) is 22.0 Å². The van der Waals surface area contributed by atoms with Crippen molar-refractivity contribution in [2.24, 2.45) is 0 Å². The summed E-state index contributed by atoms with van der Waals surface area (Å²) in [6.45, 7) is 1.87. The minimum absolute atomic E-state index is 0.422. The van der Waals surface area contributed by atoms with Crippen molar-refractivity contribution in [1.29, 1.82) is 0 Å². The van der Waals surface area contributed by atoms with Crippen molar-refractivity contribution in [3.63, 3.8) is 0 Å². The third kappa shape index (κ3) is 2.58. The highest BCUT2D eigenvalue weighted by Crippen LogP contribution is 2.29. The summed E-state index contributed by atoms with van der Waals surface area (Å²) >= 11 is 15.3. The Hall–Kier alpha value is -0.910. The first-order chi connectivity index (χ1) is 8.52. The molecule has 2 rings (SSSR count). The van der Waals surface area contributed by atoms with Crippen LogP contribution in [0.1, 0.15) is 5.69 Å². The van der Waals surface area contributed by atoms with E-state index in [4.69, 9.17) is 23.2 Å². The topological polar surface area (TPSA) is 50.7 Å². The van der Waals surface area contributed by atoms with Gasteiger partial charge in [0.15, 0.2) is 5.82 Å². The minimum atomic E-state index is 0.422. The van der Waals surface area contributed by atoms with Crippen molar-refractivity contribution in [3.8, 4) is 11.5 Å². The summed E-state index contributed by atoms with van der Waals surface area (Å²) in [5, 5.41) is 3.88. The molecule has 0 atom stereocenters. The van der Waals surface area contributed by atoms with Crippen LogP contribution >= 0.6 is 39.1 Å². The molecule has 94 valence electrons. The first kappa shape index (κ1) is 13.5. The maximum Gasteiger partial charge on any atom is 0.182 e. The molecule has 0 amide bonds. The molecule has 0 fully saturated rings. The average molecular weight is 348 g/mol. The van der Waals surface area contributed by atoms with Gasteiger partial charge in [-0.25, -0.2) is 15.0 Å². The lowest BCUT2D eigenvalue weighted by Crippen LogP contribution is -2.02. The molecule has 4 nitrogen and oxygen atoms in total. The molecule has 0 saturated carbocycles. The Kier molecular flexibility index (Phi) is 4.04. The third-order valence-corrected chi connectivity index (χ3v) is 3.72. The van der Waals surface area contributed by atoms with E-state index in [1.807, 2.05) is 6.92 Å². The van der Waals surface area contributed by atoms with E-state index >= 15 is 0 Å². The molecule has 0 radical (unpaired) electrons. The highest BCUT2D eigenvalue weighted by Gasteiger charge is 2.13. The van der Waals surface area contributed by atoms with Crippen molar-refractivity contribution in [1.82, 2.24) is 15.0 Å². The zero-order chi connectivity index (χ0) is 13.3. The predicted octanol–water partition coefficient (Wildman–Crippen LogP) is 3.96. The van der Waals surface area contributed by atoms with Crippen LogP contribution in [0.5, 0.6) is 0 Å². The number of anilines is 1. The van der Waals surface area contributed by atoms with E-state index in [1.165, 1.54) is 6.20 Å². The normalized spacial score (nSPS) is 10.5. The van der Waals surface area contributed by atoms with Gasteiger partial charge < -0.3 is 5.32 Å². The Morgan fingerprint density at radius 1 is 1.28 bits per heavy atom. The second-order valence-electron chi connectivity index (χ2n) is 3.53. The van der Waals surface area contributed by atoms with Gasteiger partial charge >= 0.3 is 0 Å². The van der Waals surface area contributed by atoms with Crippen LogP contribution in [0.4, 0.5) is 5.82 Å². The summed E-state index contributed by atoms with van der Waals surface area (Å²) in [4.78, 5) is 12.9. The number of aromatic nitrogens is 3. The molecule has 1 N–H and O–H groups in total. The standard InChI is InChI=1S/C11H9BrCl2N4/c1-5-8(12)10(15-2)18-11(17-5)9-7(14)3-6(13)4-16-9/h3-4H,1-2H3,(H,15,17,18). The van der Waals surface area contributed by atoms with Gasteiger partial charge in [-0.05, 0) is 28.9 Å². The molecule has 2 aromatic heterocycles. The molecule has 0 saturated heterocycles. The number of nitrogens with one attached hydrogen (secondary N) is 1. The van der Waals surface area contributed by atoms with Crippen LogP contribution in [0.25, 0.3) is 11.5 Å². The average Bonchev–Trinajstić information content (AvgIpc) is 2.32. The van der Waals surface area contributed by atoms with Gasteiger partial charge in [-0.15, -0.1) is 0 Å². The summed E-state index contributed by atoms with van der Waals surface area (Å²) in [6, 6.07) is 1.62. The number of aryl methyl sites for hydroxylation is 1. The lowest BCUT2D eigenvalue weighted by atomic mass is 10.3. The first-order valence-electron chi connectivity index (χ1n) is 5.06. The maximum absolute atomic E-state index is 6.09. The van der Waals surface area contributed by atoms with Crippen molar-refractivity contribution < 1.29 is 0 Å². The van der Waals surface area contributed by atoms with Gasteiger partial charge in [-0.2, -0.15) is 0 Å². The molecule has 0 aliphatic carbocycles. The van der Waals surface area contributed by atoms with Crippen LogP contribution in [0, 0.1) is 6.92 Å².